The van der Waals surface area contributed by atoms with Gasteiger partial charge in [0.1, 0.15) is 0 Å². The van der Waals surface area contributed by atoms with Crippen LogP contribution in [-0.2, 0) is 11.3 Å². The van der Waals surface area contributed by atoms with Gasteiger partial charge in [-0.25, -0.2) is 0 Å². The van der Waals surface area contributed by atoms with Gasteiger partial charge in [-0.2, -0.15) is 0 Å². The van der Waals surface area contributed by atoms with Crippen molar-refractivity contribution in [1.82, 2.24) is 4.90 Å². The third kappa shape index (κ3) is 4.47. The van der Waals surface area contributed by atoms with Crippen LogP contribution in [0.15, 0.2) is 24.3 Å². The first-order valence-corrected chi connectivity index (χ1v) is 6.80. The molecular weight excluding hydrogens is 274 g/mol. The van der Waals surface area contributed by atoms with E-state index < -0.39 is 0 Å². The minimum atomic E-state index is -0.0361. The van der Waals surface area contributed by atoms with Gasteiger partial charge >= 0.3 is 0 Å². The molecule has 1 aromatic rings. The van der Waals surface area contributed by atoms with Crippen molar-refractivity contribution in [2.24, 2.45) is 11.1 Å². The number of hydrogen-bond donors (Lipinski definition) is 2. The second kappa shape index (κ2) is 7.07. The van der Waals surface area contributed by atoms with Crippen LogP contribution in [0, 0.1) is 5.41 Å². The summed E-state index contributed by atoms with van der Waals surface area (Å²) >= 11 is 0. The number of benzene rings is 1. The van der Waals surface area contributed by atoms with Crippen LogP contribution in [0.2, 0.25) is 0 Å². The number of anilines is 1. The van der Waals surface area contributed by atoms with Crippen molar-refractivity contribution in [3.05, 3.63) is 29.8 Å². The molecule has 4 nitrogen and oxygen atoms in total. The minimum absolute atomic E-state index is 0. The van der Waals surface area contributed by atoms with Crippen LogP contribution < -0.4 is 11.1 Å². The maximum Gasteiger partial charge on any atom is 0.221 e. The van der Waals surface area contributed by atoms with Gasteiger partial charge in [0.25, 0.3) is 0 Å². The number of rotatable bonds is 4. The Morgan fingerprint density at radius 2 is 2.05 bits per heavy atom. The van der Waals surface area contributed by atoms with E-state index in [1.54, 1.807) is 0 Å². The Morgan fingerprint density at radius 3 is 2.55 bits per heavy atom. The van der Waals surface area contributed by atoms with Crippen LogP contribution in [0.5, 0.6) is 0 Å². The molecule has 1 aromatic carbocycles. The number of carbonyl (C=O) groups excluding carboxylic acids is 1. The summed E-state index contributed by atoms with van der Waals surface area (Å²) in [5.74, 6) is -0.0361. The highest BCUT2D eigenvalue weighted by Gasteiger charge is 2.32. The van der Waals surface area contributed by atoms with Crippen molar-refractivity contribution >= 4 is 24.0 Å². The number of likely N-dealkylation sites (tertiary alicyclic amines) is 1. The molecule has 1 heterocycles. The largest absolute Gasteiger partial charge is 0.330 e. The van der Waals surface area contributed by atoms with E-state index in [-0.39, 0.29) is 23.7 Å². The maximum atomic E-state index is 11.0. The van der Waals surface area contributed by atoms with Crippen molar-refractivity contribution in [1.29, 1.82) is 0 Å². The predicted octanol–water partition coefficient (Wildman–Crippen LogP) is 2.24. The Morgan fingerprint density at radius 1 is 1.40 bits per heavy atom. The van der Waals surface area contributed by atoms with Crippen molar-refractivity contribution in [3.63, 3.8) is 0 Å². The lowest BCUT2D eigenvalue weighted by Crippen LogP contribution is -2.31. The SMILES string of the molecule is CC(=O)Nc1ccc(CN2CCC(C)(CN)C2)cc1.Cl. The van der Waals surface area contributed by atoms with Crippen LogP contribution in [0.1, 0.15) is 25.8 Å². The maximum absolute atomic E-state index is 11.0. The summed E-state index contributed by atoms with van der Waals surface area (Å²) in [5.41, 5.74) is 8.22. The molecule has 1 saturated heterocycles. The van der Waals surface area contributed by atoms with Gasteiger partial charge in [0.15, 0.2) is 0 Å². The number of carbonyl (C=O) groups is 1. The molecule has 1 atom stereocenters. The second-order valence-corrected chi connectivity index (χ2v) is 5.85. The molecule has 0 spiro atoms. The van der Waals surface area contributed by atoms with Gasteiger partial charge in [0.05, 0.1) is 0 Å². The molecule has 1 aliphatic heterocycles. The number of nitrogens with two attached hydrogens (primary N) is 1. The summed E-state index contributed by atoms with van der Waals surface area (Å²) in [6, 6.07) is 8.05. The first kappa shape index (κ1) is 17.0. The fourth-order valence-corrected chi connectivity index (χ4v) is 2.58. The molecule has 112 valence electrons. The van der Waals surface area contributed by atoms with Crippen LogP contribution in [0.25, 0.3) is 0 Å². The molecule has 0 radical (unpaired) electrons. The molecule has 0 bridgehead atoms. The van der Waals surface area contributed by atoms with Gasteiger partial charge in [-0.05, 0) is 42.6 Å². The number of amides is 1. The highest BCUT2D eigenvalue weighted by Crippen LogP contribution is 2.29. The smallest absolute Gasteiger partial charge is 0.221 e. The normalized spacial score (nSPS) is 22.4. The highest BCUT2D eigenvalue weighted by atomic mass is 35.5. The van der Waals surface area contributed by atoms with Crippen molar-refractivity contribution < 1.29 is 4.79 Å². The lowest BCUT2D eigenvalue weighted by Gasteiger charge is -2.22. The fourth-order valence-electron chi connectivity index (χ4n) is 2.58. The van der Waals surface area contributed by atoms with Crippen molar-refractivity contribution in [2.75, 3.05) is 25.0 Å². The Balaban J connectivity index is 0.00000200. The zero-order valence-electron chi connectivity index (χ0n) is 12.2. The molecule has 2 rings (SSSR count). The second-order valence-electron chi connectivity index (χ2n) is 5.85. The Bertz CT molecular complexity index is 449. The first-order chi connectivity index (χ1) is 9.00. The van der Waals surface area contributed by atoms with Crippen LogP contribution >= 0.6 is 12.4 Å². The van der Waals surface area contributed by atoms with Crippen LogP contribution in [0.4, 0.5) is 5.69 Å². The van der Waals surface area contributed by atoms with E-state index in [2.05, 4.69) is 29.3 Å². The standard InChI is InChI=1S/C15H23N3O.ClH/c1-12(19)17-14-5-3-13(4-6-14)9-18-8-7-15(2,10-16)11-18;/h3-6H,7-11,16H2,1-2H3,(H,17,19);1H. The summed E-state index contributed by atoms with van der Waals surface area (Å²) in [6.07, 6.45) is 1.17. The predicted molar refractivity (Wildman–Crippen MR) is 85.0 cm³/mol. The van der Waals surface area contributed by atoms with Gasteiger partial charge in [-0.15, -0.1) is 12.4 Å². The Hall–Kier alpha value is -1.10. The molecular formula is C15H24ClN3O. The summed E-state index contributed by atoms with van der Waals surface area (Å²) in [4.78, 5) is 13.4. The summed E-state index contributed by atoms with van der Waals surface area (Å²) in [7, 11) is 0. The van der Waals surface area contributed by atoms with E-state index in [1.807, 2.05) is 12.1 Å². The molecule has 0 saturated carbocycles. The van der Waals surface area contributed by atoms with E-state index in [0.717, 1.165) is 31.9 Å². The third-order valence-corrected chi connectivity index (χ3v) is 3.81. The van der Waals surface area contributed by atoms with E-state index in [4.69, 9.17) is 5.73 Å². The van der Waals surface area contributed by atoms with Gasteiger partial charge in [0.2, 0.25) is 5.91 Å². The van der Waals surface area contributed by atoms with E-state index >= 15 is 0 Å². The number of halogens is 1. The molecule has 1 aliphatic rings. The fraction of sp³-hybridized carbons (Fsp3) is 0.533. The molecule has 3 N–H and O–H groups in total. The highest BCUT2D eigenvalue weighted by molar-refractivity contribution is 5.88. The average molecular weight is 298 g/mol. The van der Waals surface area contributed by atoms with E-state index in [9.17, 15) is 4.79 Å². The van der Waals surface area contributed by atoms with Gasteiger partial charge in [-0.3, -0.25) is 9.69 Å². The Kier molecular flexibility index (Phi) is 5.99. The lowest BCUT2D eigenvalue weighted by atomic mass is 9.90. The molecule has 1 amide bonds. The van der Waals surface area contributed by atoms with Gasteiger partial charge < -0.3 is 11.1 Å². The summed E-state index contributed by atoms with van der Waals surface area (Å²) < 4.78 is 0. The molecule has 0 aliphatic carbocycles. The van der Waals surface area contributed by atoms with Gasteiger partial charge in [0, 0.05) is 25.7 Å². The number of hydrogen-bond acceptors (Lipinski definition) is 3. The monoisotopic (exact) mass is 297 g/mol. The van der Waals surface area contributed by atoms with Gasteiger partial charge in [-0.1, -0.05) is 19.1 Å². The zero-order valence-corrected chi connectivity index (χ0v) is 13.0. The third-order valence-electron chi connectivity index (χ3n) is 3.81. The molecule has 5 heteroatoms. The molecule has 0 aromatic heterocycles. The summed E-state index contributed by atoms with van der Waals surface area (Å²) in [6.45, 7) is 7.66. The number of nitrogens with one attached hydrogen (secondary N) is 1. The zero-order chi connectivity index (χ0) is 13.9. The number of nitrogens with zero attached hydrogens (tertiary/aromatic N) is 1. The topological polar surface area (TPSA) is 58.4 Å². The molecule has 1 fully saturated rings. The van der Waals surface area contributed by atoms with Crippen LogP contribution in [0.3, 0.4) is 0 Å². The lowest BCUT2D eigenvalue weighted by molar-refractivity contribution is -0.114. The van der Waals surface area contributed by atoms with E-state index in [1.165, 1.54) is 18.9 Å². The van der Waals surface area contributed by atoms with Crippen molar-refractivity contribution in [3.8, 4) is 0 Å². The average Bonchev–Trinajstić information content (AvgIpc) is 2.74. The van der Waals surface area contributed by atoms with Crippen LogP contribution in [-0.4, -0.2) is 30.4 Å². The minimum Gasteiger partial charge on any atom is -0.330 e. The first-order valence-electron chi connectivity index (χ1n) is 6.80. The van der Waals surface area contributed by atoms with E-state index in [0.29, 0.717) is 0 Å². The summed E-state index contributed by atoms with van der Waals surface area (Å²) in [5, 5.41) is 2.78. The quantitative estimate of drug-likeness (QED) is 0.896. The molecule has 20 heavy (non-hydrogen) atoms. The van der Waals surface area contributed by atoms with Crippen molar-refractivity contribution in [2.45, 2.75) is 26.8 Å². The Labute approximate surface area is 127 Å². The molecule has 1 unspecified atom stereocenters.